The minimum absolute atomic E-state index is 0.158. The highest BCUT2D eigenvalue weighted by atomic mass is 35.5. The van der Waals surface area contributed by atoms with Crippen molar-refractivity contribution in [3.8, 4) is 0 Å². The number of aromatic nitrogens is 3. The van der Waals surface area contributed by atoms with Crippen LogP contribution in [0.2, 0.25) is 5.15 Å². The molecule has 0 saturated heterocycles. The molecule has 2 aromatic rings. The third-order valence-electron chi connectivity index (χ3n) is 3.90. The maximum absolute atomic E-state index is 12.6. The van der Waals surface area contributed by atoms with Crippen LogP contribution >= 0.6 is 22.9 Å². The van der Waals surface area contributed by atoms with Gasteiger partial charge in [0, 0.05) is 11.1 Å². The quantitative estimate of drug-likeness (QED) is 0.882. The van der Waals surface area contributed by atoms with Crippen molar-refractivity contribution in [3.05, 3.63) is 47.6 Å². The summed E-state index contributed by atoms with van der Waals surface area (Å²) in [5.41, 5.74) is 0.703. The van der Waals surface area contributed by atoms with Crippen molar-refractivity contribution >= 4 is 22.9 Å². The van der Waals surface area contributed by atoms with Gasteiger partial charge in [-0.2, -0.15) is 0 Å². The second-order valence-electron chi connectivity index (χ2n) is 5.41. The van der Waals surface area contributed by atoms with E-state index < -0.39 is 5.69 Å². The number of hydrogen-bond donors (Lipinski definition) is 1. The fourth-order valence-corrected chi connectivity index (χ4v) is 3.96. The molecular formula is C14H16ClN3O2S. The molecular weight excluding hydrogens is 310 g/mol. The van der Waals surface area contributed by atoms with Gasteiger partial charge in [-0.15, -0.1) is 11.3 Å². The molecule has 0 aliphatic heterocycles. The van der Waals surface area contributed by atoms with E-state index in [0.29, 0.717) is 5.56 Å². The second kappa shape index (κ2) is 5.77. The Hall–Kier alpha value is -1.40. The third-order valence-corrected chi connectivity index (χ3v) is 5.15. The van der Waals surface area contributed by atoms with Gasteiger partial charge in [0.25, 0.3) is 5.56 Å². The molecule has 1 saturated carbocycles. The van der Waals surface area contributed by atoms with Gasteiger partial charge in [-0.25, -0.2) is 9.78 Å². The van der Waals surface area contributed by atoms with Crippen molar-refractivity contribution in [2.75, 3.05) is 0 Å². The first kappa shape index (κ1) is 14.5. The van der Waals surface area contributed by atoms with Crippen LogP contribution in [0.25, 0.3) is 0 Å². The molecule has 0 spiro atoms. The van der Waals surface area contributed by atoms with Crippen molar-refractivity contribution < 1.29 is 0 Å². The molecule has 0 radical (unpaired) electrons. The molecule has 0 atom stereocenters. The summed E-state index contributed by atoms with van der Waals surface area (Å²) in [6, 6.07) is 0. The predicted octanol–water partition coefficient (Wildman–Crippen LogP) is 2.66. The van der Waals surface area contributed by atoms with Gasteiger partial charge in [0.05, 0.1) is 12.1 Å². The van der Waals surface area contributed by atoms with Gasteiger partial charge in [-0.05, 0) is 25.7 Å². The molecule has 1 aliphatic rings. The number of hydrogen-bond acceptors (Lipinski definition) is 4. The first-order chi connectivity index (χ1) is 10.1. The lowest BCUT2D eigenvalue weighted by atomic mass is 10.0. The van der Waals surface area contributed by atoms with E-state index in [9.17, 15) is 9.59 Å². The Balaban J connectivity index is 2.05. The lowest BCUT2D eigenvalue weighted by Crippen LogP contribution is -2.38. The maximum atomic E-state index is 12.6. The Kier molecular flexibility index (Phi) is 3.99. The summed E-state index contributed by atoms with van der Waals surface area (Å²) >= 11 is 7.56. The summed E-state index contributed by atoms with van der Waals surface area (Å²) in [5, 5.41) is 2.85. The van der Waals surface area contributed by atoms with Crippen LogP contribution in [0.15, 0.2) is 15.0 Å². The highest BCUT2D eigenvalue weighted by Gasteiger charge is 2.25. The number of thiazole rings is 1. The lowest BCUT2D eigenvalue weighted by molar-refractivity contribution is 0.639. The van der Waals surface area contributed by atoms with E-state index >= 15 is 0 Å². The summed E-state index contributed by atoms with van der Waals surface area (Å²) in [7, 11) is 0. The largest absolute Gasteiger partial charge is 0.329 e. The molecule has 3 rings (SSSR count). The number of nitrogens with one attached hydrogen (secondary N) is 1. The smallest absolute Gasteiger partial charge is 0.297 e. The average molecular weight is 326 g/mol. The molecule has 5 nitrogen and oxygen atoms in total. The van der Waals surface area contributed by atoms with Crippen LogP contribution < -0.4 is 11.2 Å². The van der Waals surface area contributed by atoms with Gasteiger partial charge in [0.15, 0.2) is 0 Å². The van der Waals surface area contributed by atoms with Crippen molar-refractivity contribution in [1.29, 1.82) is 0 Å². The molecule has 1 aliphatic carbocycles. The van der Waals surface area contributed by atoms with Crippen LogP contribution in [0.3, 0.4) is 0 Å². The topological polar surface area (TPSA) is 67.8 Å². The zero-order valence-corrected chi connectivity index (χ0v) is 13.3. The molecule has 0 aromatic carbocycles. The van der Waals surface area contributed by atoms with Gasteiger partial charge in [-0.1, -0.05) is 24.4 Å². The Morgan fingerprint density at radius 2 is 2.14 bits per heavy atom. The Morgan fingerprint density at radius 1 is 1.43 bits per heavy atom. The number of nitrogens with zero attached hydrogens (tertiary/aromatic N) is 2. The van der Waals surface area contributed by atoms with Gasteiger partial charge in [-0.3, -0.25) is 14.3 Å². The summed E-state index contributed by atoms with van der Waals surface area (Å²) in [6.07, 6.45) is 4.12. The Bertz CT molecular complexity index is 771. The number of rotatable bonds is 3. The summed E-state index contributed by atoms with van der Waals surface area (Å²) in [4.78, 5) is 31.6. The molecule has 0 bridgehead atoms. The molecule has 7 heteroatoms. The number of halogens is 1. The molecule has 2 aromatic heterocycles. The first-order valence-corrected chi connectivity index (χ1v) is 8.25. The summed E-state index contributed by atoms with van der Waals surface area (Å²) in [6.45, 7) is 2.09. The van der Waals surface area contributed by atoms with Crippen molar-refractivity contribution in [3.63, 3.8) is 0 Å². The highest BCUT2D eigenvalue weighted by molar-refractivity contribution is 7.09. The van der Waals surface area contributed by atoms with E-state index in [-0.39, 0.29) is 23.2 Å². The number of H-pyrrole nitrogens is 1. The molecule has 1 N–H and O–H groups in total. The van der Waals surface area contributed by atoms with E-state index in [0.717, 1.165) is 36.4 Å². The third kappa shape index (κ3) is 2.82. The van der Waals surface area contributed by atoms with Crippen molar-refractivity contribution in [2.24, 2.45) is 0 Å². The molecule has 1 fully saturated rings. The first-order valence-electron chi connectivity index (χ1n) is 7.00. The van der Waals surface area contributed by atoms with Crippen LogP contribution in [-0.2, 0) is 6.54 Å². The summed E-state index contributed by atoms with van der Waals surface area (Å²) < 4.78 is 1.21. The zero-order valence-electron chi connectivity index (χ0n) is 11.7. The predicted molar refractivity (Wildman–Crippen MR) is 83.5 cm³/mol. The summed E-state index contributed by atoms with van der Waals surface area (Å²) in [5.74, 6) is 0.158. The van der Waals surface area contributed by atoms with Crippen LogP contribution in [0, 0.1) is 6.92 Å². The molecule has 0 unspecified atom stereocenters. The van der Waals surface area contributed by atoms with Gasteiger partial charge in [0.1, 0.15) is 10.2 Å². The van der Waals surface area contributed by atoms with Crippen molar-refractivity contribution in [2.45, 2.75) is 45.1 Å². The fraction of sp³-hybridized carbons (Fsp3) is 0.500. The van der Waals surface area contributed by atoms with E-state index in [1.54, 1.807) is 0 Å². The molecule has 21 heavy (non-hydrogen) atoms. The minimum atomic E-state index is -0.473. The van der Waals surface area contributed by atoms with E-state index in [4.69, 9.17) is 11.6 Å². The van der Waals surface area contributed by atoms with Crippen LogP contribution in [0.4, 0.5) is 0 Å². The lowest BCUT2D eigenvalue weighted by Gasteiger charge is -2.12. The normalized spacial score (nSPS) is 15.7. The second-order valence-corrected chi connectivity index (χ2v) is 6.73. The van der Waals surface area contributed by atoms with Crippen molar-refractivity contribution in [1.82, 2.24) is 14.5 Å². The standard InChI is InChI=1S/C14H16ClN3O2S/c1-8-7-21-10(16-8)6-18-13(19)11(9-4-2-3-5-9)12(15)17-14(18)20/h7,9H,2-6H2,1H3,(H,17,20). The van der Waals surface area contributed by atoms with Crippen LogP contribution in [0.5, 0.6) is 0 Å². The average Bonchev–Trinajstić information content (AvgIpc) is 3.06. The Labute approximate surface area is 130 Å². The SMILES string of the molecule is Cc1csc(Cn2c(=O)[nH]c(Cl)c(C3CCCC3)c2=O)n1. The number of aryl methyl sites for hydroxylation is 1. The van der Waals surface area contributed by atoms with E-state index in [1.165, 1.54) is 15.9 Å². The van der Waals surface area contributed by atoms with Gasteiger partial charge < -0.3 is 0 Å². The maximum Gasteiger partial charge on any atom is 0.329 e. The van der Waals surface area contributed by atoms with Crippen LogP contribution in [-0.4, -0.2) is 14.5 Å². The van der Waals surface area contributed by atoms with E-state index in [1.807, 2.05) is 12.3 Å². The minimum Gasteiger partial charge on any atom is -0.297 e. The van der Waals surface area contributed by atoms with Gasteiger partial charge in [0.2, 0.25) is 0 Å². The monoisotopic (exact) mass is 325 g/mol. The zero-order chi connectivity index (χ0) is 15.0. The fourth-order valence-electron chi connectivity index (χ4n) is 2.88. The van der Waals surface area contributed by atoms with Crippen LogP contribution in [0.1, 0.15) is 47.9 Å². The van der Waals surface area contributed by atoms with E-state index in [2.05, 4.69) is 9.97 Å². The Morgan fingerprint density at radius 3 is 2.76 bits per heavy atom. The highest BCUT2D eigenvalue weighted by Crippen LogP contribution is 2.34. The van der Waals surface area contributed by atoms with Gasteiger partial charge >= 0.3 is 5.69 Å². The molecule has 2 heterocycles. The molecule has 112 valence electrons. The number of aromatic amines is 1. The molecule has 0 amide bonds.